The van der Waals surface area contributed by atoms with E-state index < -0.39 is 0 Å². The number of rotatable bonds is 6. The van der Waals surface area contributed by atoms with Crippen LogP contribution >= 0.6 is 0 Å². The second-order valence-corrected chi connectivity index (χ2v) is 24.7. The zero-order valence-electron chi connectivity index (χ0n) is 50.4. The van der Waals surface area contributed by atoms with Crippen LogP contribution in [0, 0.1) is 17.9 Å². The number of hydrogen-bond donors (Lipinski definition) is 0. The quantitative estimate of drug-likeness (QED) is 0.123. The van der Waals surface area contributed by atoms with E-state index in [9.17, 15) is 5.26 Å². The molecule has 0 aliphatic rings. The van der Waals surface area contributed by atoms with Crippen LogP contribution in [0.3, 0.4) is 0 Å². The lowest BCUT2D eigenvalue weighted by Gasteiger charge is -2.16. The molecule has 94 heavy (non-hydrogen) atoms. The van der Waals surface area contributed by atoms with Crippen molar-refractivity contribution in [3.63, 3.8) is 0 Å². The predicted octanol–water partition coefficient (Wildman–Crippen LogP) is 25.1. The van der Waals surface area contributed by atoms with Crippen LogP contribution in [0.4, 0.5) is 5.69 Å². The van der Waals surface area contributed by atoms with Gasteiger partial charge in [0, 0.05) is 45.1 Å². The van der Waals surface area contributed by atoms with E-state index in [1.54, 1.807) is 6.07 Å². The highest BCUT2D eigenvalue weighted by Gasteiger charge is 2.21. The van der Waals surface area contributed by atoms with Gasteiger partial charge in [-0.25, -0.2) is 4.85 Å². The molecule has 20 aromatic rings. The van der Waals surface area contributed by atoms with Crippen molar-refractivity contribution in [1.82, 2.24) is 4.98 Å². The number of furan rings is 2. The fourth-order valence-electron chi connectivity index (χ4n) is 15.2. The molecule has 3 aromatic heterocycles. The van der Waals surface area contributed by atoms with Crippen LogP contribution in [0.1, 0.15) is 5.56 Å². The van der Waals surface area contributed by atoms with E-state index in [2.05, 4.69) is 252 Å². The normalized spacial score (nSPS) is 11.8. The highest BCUT2D eigenvalue weighted by molar-refractivity contribution is 6.27. The summed E-state index contributed by atoms with van der Waals surface area (Å²) in [6, 6.07) is 104. The minimum atomic E-state index is 0.538. The third-order valence-electron chi connectivity index (χ3n) is 19.5. The largest absolute Gasteiger partial charge is 0.466 e. The molecule has 3 heterocycles. The van der Waals surface area contributed by atoms with Gasteiger partial charge in [0.05, 0.1) is 18.2 Å². The highest BCUT2D eigenvalue weighted by Crippen LogP contribution is 2.47. The summed E-state index contributed by atoms with van der Waals surface area (Å²) in [7, 11) is 0. The molecule has 0 saturated carbocycles. The Morgan fingerprint density at radius 2 is 0.734 bits per heavy atom. The molecule has 0 aliphatic heterocycles. The summed E-state index contributed by atoms with van der Waals surface area (Å²) >= 11 is 0. The van der Waals surface area contributed by atoms with Gasteiger partial charge in [0.2, 0.25) is 5.69 Å². The molecule has 0 aliphatic carbocycles. The second-order valence-electron chi connectivity index (χ2n) is 24.7. The van der Waals surface area contributed by atoms with Crippen LogP contribution in [0.25, 0.3) is 202 Å². The van der Waals surface area contributed by atoms with E-state index in [0.29, 0.717) is 16.8 Å². The maximum absolute atomic E-state index is 9.48. The Kier molecular flexibility index (Phi) is 11.7. The molecule has 0 radical (unpaired) electrons. The van der Waals surface area contributed by atoms with Crippen molar-refractivity contribution >= 4 is 136 Å². The van der Waals surface area contributed by atoms with Crippen LogP contribution in [0.5, 0.6) is 0 Å². The van der Waals surface area contributed by atoms with Gasteiger partial charge in [-0.1, -0.05) is 200 Å². The van der Waals surface area contributed by atoms with Crippen LogP contribution in [0.2, 0.25) is 0 Å². The van der Waals surface area contributed by atoms with Crippen LogP contribution in [-0.4, -0.2) is 4.98 Å². The molecule has 20 rings (SSSR count). The summed E-state index contributed by atoms with van der Waals surface area (Å²) in [5, 5.41) is 33.5. The van der Waals surface area contributed by atoms with Gasteiger partial charge in [-0.3, -0.25) is 4.98 Å². The van der Waals surface area contributed by atoms with Gasteiger partial charge in [0.15, 0.2) is 0 Å². The first-order chi connectivity index (χ1) is 46.5. The summed E-state index contributed by atoms with van der Waals surface area (Å²) in [5.74, 6) is 0. The lowest BCUT2D eigenvalue weighted by Crippen LogP contribution is -1.89. The Hall–Kier alpha value is -12.9. The smallest absolute Gasteiger partial charge is 0.229 e. The van der Waals surface area contributed by atoms with Crippen molar-refractivity contribution in [2.45, 2.75) is 0 Å². The van der Waals surface area contributed by atoms with Crippen LogP contribution in [-0.2, 0) is 0 Å². The van der Waals surface area contributed by atoms with E-state index in [0.717, 1.165) is 60.5 Å². The van der Waals surface area contributed by atoms with Crippen molar-refractivity contribution in [3.05, 3.63) is 314 Å². The highest BCUT2D eigenvalue weighted by atomic mass is 16.3. The topological polar surface area (TPSA) is 67.3 Å². The SMILES string of the molecule is N#Cc1ccc2oc3ccc(-c4ccc(-c5cc6ccc7cc(-c8cccnc8)cc8ccc(c5)c6c78)c5ccccc45)cc3c2c1.[C-]#[N+]c1cccc2c1oc1c(-c3ccc(-c4cc5ccc6cc(-c7ccccc7)cc7ccc(c4)c5c67)c4ccccc34)cccc12. The molecule has 5 heteroatoms. The molecule has 0 N–H and O–H groups in total. The van der Waals surface area contributed by atoms with Gasteiger partial charge in [-0.15, -0.1) is 0 Å². The summed E-state index contributed by atoms with van der Waals surface area (Å²) in [6.45, 7) is 7.65. The number of benzene rings is 17. The van der Waals surface area contributed by atoms with E-state index in [1.807, 2.05) is 54.9 Å². The fourth-order valence-corrected chi connectivity index (χ4v) is 15.2. The lowest BCUT2D eigenvalue weighted by atomic mass is 9.87. The van der Waals surface area contributed by atoms with E-state index in [1.165, 1.54) is 131 Å². The molecule has 17 aromatic carbocycles. The maximum Gasteiger partial charge on any atom is 0.229 e. The van der Waals surface area contributed by atoms with Crippen molar-refractivity contribution in [2.75, 3.05) is 0 Å². The zero-order chi connectivity index (χ0) is 62.1. The van der Waals surface area contributed by atoms with Crippen LogP contribution in [0.15, 0.2) is 306 Å². The third kappa shape index (κ3) is 8.29. The Morgan fingerprint density at radius 3 is 1.26 bits per heavy atom. The minimum absolute atomic E-state index is 0.538. The molecule has 0 saturated heterocycles. The van der Waals surface area contributed by atoms with E-state index in [-0.39, 0.29) is 0 Å². The van der Waals surface area contributed by atoms with Gasteiger partial charge >= 0.3 is 0 Å². The van der Waals surface area contributed by atoms with Crippen molar-refractivity contribution in [1.29, 1.82) is 5.26 Å². The first-order valence-electron chi connectivity index (χ1n) is 31.6. The maximum atomic E-state index is 9.48. The second kappa shape index (κ2) is 20.8. The number of nitriles is 1. The average Bonchev–Trinajstić information content (AvgIpc) is 0.760. The van der Waals surface area contributed by atoms with E-state index in [4.69, 9.17) is 15.4 Å². The predicted molar refractivity (Wildman–Crippen MR) is 391 cm³/mol. The molecule has 432 valence electrons. The molecular formula is C89H49N3O2. The standard InChI is InChI=1S/C45H25NO.C44H24N2O/c1-46-41-16-8-15-40-39-14-7-13-38(44(39)47-45(40)41)37-22-21-34(35-11-5-6-12-36(35)37)33-25-30-19-17-28-23-32(27-9-3-2-4-10-27)24-29-18-20-31(26-33)43(30)42(28)29;45-24-26-7-15-41-39(18-26)40-23-27(12-16-42(40)47-41)35-13-14-36(38-6-2-1-5-37(35)38)34-21-30-10-8-28-19-33(32-4-3-17-46-25-32)20-29-9-11-31(22-34)44(30)43(28)29/h2-26H;1-23,25H. The summed E-state index contributed by atoms with van der Waals surface area (Å²) < 4.78 is 12.6. The molecule has 0 spiro atoms. The van der Waals surface area contributed by atoms with Crippen molar-refractivity contribution in [3.8, 4) is 72.8 Å². The van der Waals surface area contributed by atoms with Gasteiger partial charge in [-0.2, -0.15) is 5.26 Å². The molecule has 0 bridgehead atoms. The Morgan fingerprint density at radius 1 is 0.298 bits per heavy atom. The number of fused-ring (bicyclic) bond motifs is 8. The Bertz CT molecular complexity index is 6490. The molecule has 5 nitrogen and oxygen atoms in total. The number of aromatic nitrogens is 1. The number of pyridine rings is 1. The number of nitrogens with zero attached hydrogens (tertiary/aromatic N) is 3. The molecule has 0 unspecified atom stereocenters. The van der Waals surface area contributed by atoms with Gasteiger partial charge in [0.1, 0.15) is 22.3 Å². The monoisotopic (exact) mass is 1190 g/mol. The molecule has 0 atom stereocenters. The van der Waals surface area contributed by atoms with Crippen LogP contribution < -0.4 is 0 Å². The molecular weight excluding hydrogens is 1140 g/mol. The Balaban J connectivity index is 0.000000133. The molecule has 0 amide bonds. The summed E-state index contributed by atoms with van der Waals surface area (Å²) in [5.41, 5.74) is 18.3. The Labute approximate surface area is 539 Å². The number of para-hydroxylation sites is 2. The van der Waals surface area contributed by atoms with Crippen molar-refractivity contribution in [2.24, 2.45) is 0 Å². The first kappa shape index (κ1) is 53.0. The van der Waals surface area contributed by atoms with Crippen molar-refractivity contribution < 1.29 is 8.83 Å². The summed E-state index contributed by atoms with van der Waals surface area (Å²) in [6.07, 6.45) is 3.74. The van der Waals surface area contributed by atoms with E-state index >= 15 is 0 Å². The first-order valence-corrected chi connectivity index (χ1v) is 31.6. The van der Waals surface area contributed by atoms with Gasteiger partial charge in [0.25, 0.3) is 0 Å². The third-order valence-corrected chi connectivity index (χ3v) is 19.5. The van der Waals surface area contributed by atoms with Gasteiger partial charge < -0.3 is 8.83 Å². The fraction of sp³-hybridized carbons (Fsp3) is 0. The van der Waals surface area contributed by atoms with Gasteiger partial charge in [-0.05, 0) is 227 Å². The molecule has 0 fully saturated rings. The number of hydrogen-bond acceptors (Lipinski definition) is 4. The summed E-state index contributed by atoms with van der Waals surface area (Å²) in [4.78, 5) is 8.05. The lowest BCUT2D eigenvalue weighted by molar-refractivity contribution is 0.669. The minimum Gasteiger partial charge on any atom is -0.466 e. The average molecular weight is 1190 g/mol. The zero-order valence-corrected chi connectivity index (χ0v) is 50.4.